The van der Waals surface area contributed by atoms with Crippen molar-refractivity contribution < 1.29 is 19.1 Å². The molecule has 1 aliphatic rings. The number of rotatable bonds is 5. The summed E-state index contributed by atoms with van der Waals surface area (Å²) in [6, 6.07) is 24.8. The first kappa shape index (κ1) is 23.3. The van der Waals surface area contributed by atoms with Crippen molar-refractivity contribution in [3.63, 3.8) is 0 Å². The minimum Gasteiger partial charge on any atom is -0.488 e. The summed E-state index contributed by atoms with van der Waals surface area (Å²) in [6.45, 7) is 2.33. The fourth-order valence-corrected chi connectivity index (χ4v) is 4.15. The maximum Gasteiger partial charge on any atom is 0.335 e. The molecular weight excluding hydrogens is 476 g/mol. The number of fused-ring (bicyclic) bond motifs is 1. The normalized spacial score (nSPS) is 14.9. The maximum absolute atomic E-state index is 13.4. The molecule has 178 valence electrons. The van der Waals surface area contributed by atoms with Crippen molar-refractivity contribution in [3.8, 4) is 5.75 Å². The minimum atomic E-state index is -0.821. The van der Waals surface area contributed by atoms with Gasteiger partial charge in [0.25, 0.3) is 11.8 Å². The van der Waals surface area contributed by atoms with E-state index in [0.29, 0.717) is 28.6 Å². The molecule has 0 unspecified atom stereocenters. The highest BCUT2D eigenvalue weighted by molar-refractivity contribution is 6.39. The zero-order valence-electron chi connectivity index (χ0n) is 19.3. The van der Waals surface area contributed by atoms with Crippen molar-refractivity contribution in [2.75, 3.05) is 4.90 Å². The molecule has 0 bridgehead atoms. The summed E-state index contributed by atoms with van der Waals surface area (Å²) in [4.78, 5) is 39.7. The van der Waals surface area contributed by atoms with Gasteiger partial charge in [-0.05, 0) is 59.7 Å². The molecule has 0 spiro atoms. The molecule has 1 saturated heterocycles. The molecule has 6 nitrogen and oxygen atoms in total. The van der Waals surface area contributed by atoms with Gasteiger partial charge in [0.15, 0.2) is 0 Å². The van der Waals surface area contributed by atoms with Crippen molar-refractivity contribution in [2.45, 2.75) is 13.5 Å². The van der Waals surface area contributed by atoms with Crippen LogP contribution in [0.25, 0.3) is 16.8 Å². The summed E-state index contributed by atoms with van der Waals surface area (Å²) >= 11 is 5.95. The van der Waals surface area contributed by atoms with Gasteiger partial charge in [-0.15, -0.1) is 0 Å². The number of aryl methyl sites for hydroxylation is 1. The Hall–Kier alpha value is -4.42. The average Bonchev–Trinajstić information content (AvgIpc) is 2.87. The third-order valence-corrected chi connectivity index (χ3v) is 6.17. The van der Waals surface area contributed by atoms with E-state index in [1.807, 2.05) is 67.6 Å². The molecule has 0 radical (unpaired) electrons. The third-order valence-electron chi connectivity index (χ3n) is 5.92. The van der Waals surface area contributed by atoms with Gasteiger partial charge in [-0.1, -0.05) is 71.8 Å². The number of benzene rings is 4. The van der Waals surface area contributed by atoms with E-state index in [4.69, 9.17) is 16.3 Å². The molecule has 1 N–H and O–H groups in total. The van der Waals surface area contributed by atoms with E-state index in [1.54, 1.807) is 24.3 Å². The smallest absolute Gasteiger partial charge is 0.335 e. The second kappa shape index (κ2) is 9.68. The van der Waals surface area contributed by atoms with E-state index in [1.165, 1.54) is 6.08 Å². The monoisotopic (exact) mass is 496 g/mol. The van der Waals surface area contributed by atoms with Crippen LogP contribution in [0.3, 0.4) is 0 Å². The predicted octanol–water partition coefficient (Wildman–Crippen LogP) is 6.05. The standard InChI is InChI=1S/C29H21ClN2O4/c1-18-6-8-19(9-7-18)17-36-26-15-10-20-4-2-3-5-23(20)24(26)16-25-27(33)31-29(35)32(28(25)34)22-13-11-21(30)12-14-22/h2-16H,17H2,1H3,(H,31,33,35)/b25-16+. The topological polar surface area (TPSA) is 75.7 Å². The molecule has 0 saturated carbocycles. The zero-order chi connectivity index (χ0) is 25.2. The number of imide groups is 2. The lowest BCUT2D eigenvalue weighted by atomic mass is 9.99. The second-order valence-electron chi connectivity index (χ2n) is 8.41. The maximum atomic E-state index is 13.4. The summed E-state index contributed by atoms with van der Waals surface area (Å²) in [6.07, 6.45) is 1.49. The SMILES string of the molecule is Cc1ccc(COc2ccc3ccccc3c2/C=C2\C(=O)NC(=O)N(c3ccc(Cl)cc3)C2=O)cc1. The van der Waals surface area contributed by atoms with E-state index in [0.717, 1.165) is 26.8 Å². The molecule has 0 aliphatic carbocycles. The molecule has 1 heterocycles. The van der Waals surface area contributed by atoms with Crippen LogP contribution in [0.5, 0.6) is 5.75 Å². The lowest BCUT2D eigenvalue weighted by molar-refractivity contribution is -0.122. The molecule has 5 rings (SSSR count). The van der Waals surface area contributed by atoms with Crippen LogP contribution in [0.2, 0.25) is 5.02 Å². The van der Waals surface area contributed by atoms with Crippen LogP contribution >= 0.6 is 11.6 Å². The van der Waals surface area contributed by atoms with Gasteiger partial charge >= 0.3 is 6.03 Å². The zero-order valence-corrected chi connectivity index (χ0v) is 20.1. The first-order chi connectivity index (χ1) is 17.4. The van der Waals surface area contributed by atoms with Crippen LogP contribution in [0, 0.1) is 6.92 Å². The molecule has 4 aromatic rings. The number of nitrogens with zero attached hydrogens (tertiary/aromatic N) is 1. The minimum absolute atomic E-state index is 0.180. The fourth-order valence-electron chi connectivity index (χ4n) is 4.02. The number of barbiturate groups is 1. The Morgan fingerprint density at radius 2 is 1.61 bits per heavy atom. The molecule has 0 atom stereocenters. The first-order valence-electron chi connectivity index (χ1n) is 11.3. The molecule has 1 fully saturated rings. The number of anilines is 1. The third kappa shape index (κ3) is 4.59. The van der Waals surface area contributed by atoms with Gasteiger partial charge < -0.3 is 4.74 Å². The number of urea groups is 1. The van der Waals surface area contributed by atoms with E-state index in [9.17, 15) is 14.4 Å². The average molecular weight is 497 g/mol. The molecule has 4 aromatic carbocycles. The highest BCUT2D eigenvalue weighted by Crippen LogP contribution is 2.32. The molecular formula is C29H21ClN2O4. The van der Waals surface area contributed by atoms with E-state index >= 15 is 0 Å². The van der Waals surface area contributed by atoms with E-state index in [-0.39, 0.29) is 5.57 Å². The number of amides is 4. The van der Waals surface area contributed by atoms with Crippen molar-refractivity contribution in [2.24, 2.45) is 0 Å². The fraction of sp³-hybridized carbons (Fsp3) is 0.0690. The Morgan fingerprint density at radius 3 is 2.36 bits per heavy atom. The van der Waals surface area contributed by atoms with Crippen molar-refractivity contribution in [3.05, 3.63) is 112 Å². The summed E-state index contributed by atoms with van der Waals surface area (Å²) in [5.41, 5.74) is 2.83. The largest absolute Gasteiger partial charge is 0.488 e. The van der Waals surface area contributed by atoms with Crippen LogP contribution in [0.4, 0.5) is 10.5 Å². The summed E-state index contributed by atoms with van der Waals surface area (Å²) < 4.78 is 6.15. The number of hydrogen-bond acceptors (Lipinski definition) is 4. The number of hydrogen-bond donors (Lipinski definition) is 1. The van der Waals surface area contributed by atoms with E-state index < -0.39 is 17.8 Å². The van der Waals surface area contributed by atoms with Crippen LogP contribution in [0.15, 0.2) is 90.5 Å². The van der Waals surface area contributed by atoms with Gasteiger partial charge in [-0.3, -0.25) is 14.9 Å². The van der Waals surface area contributed by atoms with Crippen LogP contribution in [0.1, 0.15) is 16.7 Å². The first-order valence-corrected chi connectivity index (χ1v) is 11.7. The van der Waals surface area contributed by atoms with Gasteiger partial charge in [-0.2, -0.15) is 0 Å². The predicted molar refractivity (Wildman–Crippen MR) is 140 cm³/mol. The highest BCUT2D eigenvalue weighted by atomic mass is 35.5. The van der Waals surface area contributed by atoms with Crippen molar-refractivity contribution >= 4 is 52.0 Å². The molecule has 7 heteroatoms. The lowest BCUT2D eigenvalue weighted by Gasteiger charge is -2.26. The number of nitrogens with one attached hydrogen (secondary N) is 1. The van der Waals surface area contributed by atoms with Crippen LogP contribution < -0.4 is 15.0 Å². The Labute approximate surface area is 212 Å². The summed E-state index contributed by atoms with van der Waals surface area (Å²) in [5.74, 6) is -0.992. The van der Waals surface area contributed by atoms with Crippen LogP contribution in [-0.4, -0.2) is 17.8 Å². The number of carbonyl (C=O) groups is 3. The Kier molecular flexibility index (Phi) is 6.27. The Balaban J connectivity index is 1.57. The number of ether oxygens (including phenoxy) is 1. The van der Waals surface area contributed by atoms with Gasteiger partial charge in [0.05, 0.1) is 5.69 Å². The number of carbonyl (C=O) groups excluding carboxylic acids is 3. The van der Waals surface area contributed by atoms with Crippen molar-refractivity contribution in [1.82, 2.24) is 5.32 Å². The van der Waals surface area contributed by atoms with Gasteiger partial charge in [0.2, 0.25) is 0 Å². The Bertz CT molecular complexity index is 1530. The summed E-state index contributed by atoms with van der Waals surface area (Å²) in [5, 5.41) is 4.44. The van der Waals surface area contributed by atoms with E-state index in [2.05, 4.69) is 5.32 Å². The summed E-state index contributed by atoms with van der Waals surface area (Å²) in [7, 11) is 0. The lowest BCUT2D eigenvalue weighted by Crippen LogP contribution is -2.54. The number of halogens is 1. The highest BCUT2D eigenvalue weighted by Gasteiger charge is 2.37. The second-order valence-corrected chi connectivity index (χ2v) is 8.84. The van der Waals surface area contributed by atoms with Crippen LogP contribution in [-0.2, 0) is 16.2 Å². The molecule has 0 aromatic heterocycles. The Morgan fingerprint density at radius 1 is 0.889 bits per heavy atom. The molecule has 36 heavy (non-hydrogen) atoms. The quantitative estimate of drug-likeness (QED) is 0.270. The molecule has 4 amide bonds. The van der Waals surface area contributed by atoms with Gasteiger partial charge in [0, 0.05) is 10.6 Å². The van der Waals surface area contributed by atoms with Gasteiger partial charge in [-0.25, -0.2) is 9.69 Å². The van der Waals surface area contributed by atoms with Crippen molar-refractivity contribution in [1.29, 1.82) is 0 Å². The molecule has 1 aliphatic heterocycles. The van der Waals surface area contributed by atoms with Gasteiger partial charge in [0.1, 0.15) is 17.9 Å².